The van der Waals surface area contributed by atoms with E-state index >= 15 is 0 Å². The van der Waals surface area contributed by atoms with Crippen molar-refractivity contribution >= 4 is 16.6 Å². The molecule has 0 unspecified atom stereocenters. The van der Waals surface area contributed by atoms with Crippen LogP contribution in [0.25, 0.3) is 10.9 Å². The van der Waals surface area contributed by atoms with E-state index in [0.29, 0.717) is 0 Å². The molecule has 0 amide bonds. The topological polar surface area (TPSA) is 55.6 Å². The lowest BCUT2D eigenvalue weighted by Crippen LogP contribution is -2.12. The molecule has 5 nitrogen and oxygen atoms in total. The number of aryl methyl sites for hydroxylation is 2. The molecule has 120 valence electrons. The minimum absolute atomic E-state index is 0.838. The Balaban J connectivity index is 1.78. The number of benzene rings is 1. The molecule has 0 fully saturated rings. The van der Waals surface area contributed by atoms with Crippen LogP contribution in [0.4, 0.5) is 5.69 Å². The van der Waals surface area contributed by atoms with Gasteiger partial charge in [0.25, 0.3) is 0 Å². The third kappa shape index (κ3) is 3.50. The van der Waals surface area contributed by atoms with E-state index in [2.05, 4.69) is 58.2 Å². The van der Waals surface area contributed by atoms with Gasteiger partial charge in [-0.05, 0) is 18.6 Å². The Bertz CT molecular complexity index is 778. The molecular weight excluding hydrogens is 286 g/mol. The number of pyridine rings is 1. The fourth-order valence-corrected chi connectivity index (χ4v) is 2.81. The van der Waals surface area contributed by atoms with Crippen molar-refractivity contribution in [2.45, 2.75) is 39.7 Å². The Morgan fingerprint density at radius 1 is 1.17 bits per heavy atom. The summed E-state index contributed by atoms with van der Waals surface area (Å²) >= 11 is 0. The Kier molecular flexibility index (Phi) is 4.86. The van der Waals surface area contributed by atoms with E-state index < -0.39 is 0 Å². The molecule has 1 aromatic carbocycles. The average molecular weight is 309 g/mol. The number of hydrogen-bond donors (Lipinski definition) is 1. The average Bonchev–Trinajstić information content (AvgIpc) is 3.02. The van der Waals surface area contributed by atoms with Crippen molar-refractivity contribution in [1.29, 1.82) is 0 Å². The minimum atomic E-state index is 0.838. The normalized spacial score (nSPS) is 11.0. The van der Waals surface area contributed by atoms with Crippen molar-refractivity contribution in [3.63, 3.8) is 0 Å². The van der Waals surface area contributed by atoms with Crippen LogP contribution >= 0.6 is 0 Å². The summed E-state index contributed by atoms with van der Waals surface area (Å²) < 4.78 is 2.10. The van der Waals surface area contributed by atoms with Gasteiger partial charge in [0.05, 0.1) is 5.52 Å². The number of rotatable bonds is 7. The van der Waals surface area contributed by atoms with Crippen molar-refractivity contribution < 1.29 is 0 Å². The molecule has 1 N–H and O–H groups in total. The van der Waals surface area contributed by atoms with Crippen molar-refractivity contribution in [3.8, 4) is 0 Å². The number of fused-ring (bicyclic) bond motifs is 1. The predicted molar refractivity (Wildman–Crippen MR) is 93.6 cm³/mol. The molecule has 0 saturated carbocycles. The van der Waals surface area contributed by atoms with Gasteiger partial charge >= 0.3 is 0 Å². The van der Waals surface area contributed by atoms with Gasteiger partial charge < -0.3 is 9.88 Å². The van der Waals surface area contributed by atoms with Crippen LogP contribution in [0.3, 0.4) is 0 Å². The summed E-state index contributed by atoms with van der Waals surface area (Å²) in [6.07, 6.45) is 4.81. The van der Waals surface area contributed by atoms with Gasteiger partial charge in [-0.25, -0.2) is 0 Å². The Labute approximate surface area is 136 Å². The summed E-state index contributed by atoms with van der Waals surface area (Å²) in [5.74, 6) is 1.03. The van der Waals surface area contributed by atoms with E-state index in [-0.39, 0.29) is 0 Å². The molecule has 3 aromatic rings. The molecule has 5 heteroatoms. The molecule has 23 heavy (non-hydrogen) atoms. The minimum Gasteiger partial charge on any atom is -0.383 e. The zero-order valence-corrected chi connectivity index (χ0v) is 13.8. The second-order valence-corrected chi connectivity index (χ2v) is 5.65. The smallest absolute Gasteiger partial charge is 0.132 e. The Hall–Kier alpha value is -2.43. The van der Waals surface area contributed by atoms with Crippen LogP contribution in [0.5, 0.6) is 0 Å². The van der Waals surface area contributed by atoms with Gasteiger partial charge in [-0.3, -0.25) is 4.98 Å². The van der Waals surface area contributed by atoms with E-state index in [1.807, 2.05) is 6.07 Å². The highest BCUT2D eigenvalue weighted by Crippen LogP contribution is 2.23. The summed E-state index contributed by atoms with van der Waals surface area (Å²) in [4.78, 5) is 4.75. The number of hydrogen-bond acceptors (Lipinski definition) is 4. The highest BCUT2D eigenvalue weighted by Gasteiger charge is 2.06. The monoisotopic (exact) mass is 309 g/mol. The molecule has 2 aromatic heterocycles. The SMILES string of the molecule is CCCc1cc(NCCn2cnnc2CC)c2ccccc2n1. The van der Waals surface area contributed by atoms with Crippen LogP contribution in [-0.2, 0) is 19.4 Å². The predicted octanol–water partition coefficient (Wildman–Crippen LogP) is 3.45. The maximum absolute atomic E-state index is 4.75. The van der Waals surface area contributed by atoms with E-state index in [1.165, 1.54) is 5.39 Å². The first-order chi connectivity index (χ1) is 11.3. The molecule has 0 aliphatic carbocycles. The molecule has 0 aliphatic heterocycles. The quantitative estimate of drug-likeness (QED) is 0.726. The van der Waals surface area contributed by atoms with Gasteiger partial charge in [0.15, 0.2) is 0 Å². The lowest BCUT2D eigenvalue weighted by molar-refractivity contribution is 0.680. The maximum atomic E-state index is 4.75. The number of para-hydroxylation sites is 1. The Morgan fingerprint density at radius 3 is 2.87 bits per heavy atom. The maximum Gasteiger partial charge on any atom is 0.132 e. The third-order valence-electron chi connectivity index (χ3n) is 3.96. The summed E-state index contributed by atoms with van der Waals surface area (Å²) in [5.41, 5.74) is 3.36. The van der Waals surface area contributed by atoms with Gasteiger partial charge in [-0.2, -0.15) is 0 Å². The molecule has 3 rings (SSSR count). The van der Waals surface area contributed by atoms with Crippen LogP contribution in [0.2, 0.25) is 0 Å². The van der Waals surface area contributed by atoms with E-state index in [1.54, 1.807) is 6.33 Å². The fraction of sp³-hybridized carbons (Fsp3) is 0.389. The summed E-state index contributed by atoms with van der Waals surface area (Å²) in [6.45, 7) is 5.98. The zero-order chi connectivity index (χ0) is 16.1. The molecular formula is C18H23N5. The molecule has 0 radical (unpaired) electrons. The largest absolute Gasteiger partial charge is 0.383 e. The first-order valence-electron chi connectivity index (χ1n) is 8.31. The molecule has 0 aliphatic rings. The molecule has 0 bridgehead atoms. The van der Waals surface area contributed by atoms with Gasteiger partial charge in [0.2, 0.25) is 0 Å². The van der Waals surface area contributed by atoms with Crippen LogP contribution in [-0.4, -0.2) is 26.3 Å². The standard InChI is InChI=1S/C18H23N5/c1-3-7-14-12-17(15-8-5-6-9-16(15)21-14)19-10-11-23-13-20-22-18(23)4-2/h5-6,8-9,12-13H,3-4,7,10-11H2,1-2H3,(H,19,21). The van der Waals surface area contributed by atoms with Gasteiger partial charge in [0.1, 0.15) is 12.2 Å². The van der Waals surface area contributed by atoms with Crippen LogP contribution in [0.1, 0.15) is 31.8 Å². The van der Waals surface area contributed by atoms with Crippen molar-refractivity contribution in [3.05, 3.63) is 48.2 Å². The van der Waals surface area contributed by atoms with Crippen LogP contribution in [0, 0.1) is 0 Å². The van der Waals surface area contributed by atoms with Crippen LogP contribution in [0.15, 0.2) is 36.7 Å². The van der Waals surface area contributed by atoms with E-state index in [0.717, 1.165) is 55.1 Å². The first-order valence-corrected chi connectivity index (χ1v) is 8.31. The summed E-state index contributed by atoms with van der Waals surface area (Å²) in [6, 6.07) is 10.5. The van der Waals surface area contributed by atoms with Crippen LogP contribution < -0.4 is 5.32 Å². The number of nitrogens with zero attached hydrogens (tertiary/aromatic N) is 4. The number of nitrogens with one attached hydrogen (secondary N) is 1. The second-order valence-electron chi connectivity index (χ2n) is 5.65. The second kappa shape index (κ2) is 7.22. The fourth-order valence-electron chi connectivity index (χ4n) is 2.81. The number of aromatic nitrogens is 4. The summed E-state index contributed by atoms with van der Waals surface area (Å²) in [7, 11) is 0. The molecule has 2 heterocycles. The van der Waals surface area contributed by atoms with Gasteiger partial charge in [-0.15, -0.1) is 10.2 Å². The van der Waals surface area contributed by atoms with E-state index in [4.69, 9.17) is 4.98 Å². The lowest BCUT2D eigenvalue weighted by Gasteiger charge is -2.12. The van der Waals surface area contributed by atoms with Gasteiger partial charge in [-0.1, -0.05) is 38.5 Å². The lowest BCUT2D eigenvalue weighted by atomic mass is 10.1. The van der Waals surface area contributed by atoms with Crippen molar-refractivity contribution in [1.82, 2.24) is 19.7 Å². The molecule has 0 saturated heterocycles. The highest BCUT2D eigenvalue weighted by atomic mass is 15.3. The zero-order valence-electron chi connectivity index (χ0n) is 13.8. The van der Waals surface area contributed by atoms with E-state index in [9.17, 15) is 0 Å². The van der Waals surface area contributed by atoms with Crippen molar-refractivity contribution in [2.75, 3.05) is 11.9 Å². The molecule has 0 atom stereocenters. The van der Waals surface area contributed by atoms with Crippen molar-refractivity contribution in [2.24, 2.45) is 0 Å². The third-order valence-corrected chi connectivity index (χ3v) is 3.96. The Morgan fingerprint density at radius 2 is 2.04 bits per heavy atom. The number of anilines is 1. The first kappa shape index (κ1) is 15.5. The summed E-state index contributed by atoms with van der Waals surface area (Å²) in [5, 5.41) is 12.8. The highest BCUT2D eigenvalue weighted by molar-refractivity contribution is 5.91. The molecule has 0 spiro atoms. The van der Waals surface area contributed by atoms with Gasteiger partial charge in [0, 0.05) is 36.3 Å².